The Morgan fingerprint density at radius 3 is 2.63 bits per heavy atom. The summed E-state index contributed by atoms with van der Waals surface area (Å²) >= 11 is 0. The summed E-state index contributed by atoms with van der Waals surface area (Å²) in [6.07, 6.45) is 12.4. The van der Waals surface area contributed by atoms with E-state index in [4.69, 9.17) is 4.42 Å². The van der Waals surface area contributed by atoms with Gasteiger partial charge in [-0.15, -0.1) is 0 Å². The molecule has 0 amide bonds. The predicted octanol–water partition coefficient (Wildman–Crippen LogP) is 3.03. The Bertz CT molecular complexity index is 358. The van der Waals surface area contributed by atoms with Crippen LogP contribution < -0.4 is 5.32 Å². The monoisotopic (exact) mass is 262 g/mol. The van der Waals surface area contributed by atoms with Gasteiger partial charge in [-0.2, -0.15) is 0 Å². The van der Waals surface area contributed by atoms with Crippen molar-refractivity contribution in [1.82, 2.24) is 10.2 Å². The lowest BCUT2D eigenvalue weighted by Gasteiger charge is -2.39. The van der Waals surface area contributed by atoms with Gasteiger partial charge in [-0.05, 0) is 50.3 Å². The number of nitrogens with one attached hydrogen (secondary N) is 1. The first-order valence-electron chi connectivity index (χ1n) is 7.81. The van der Waals surface area contributed by atoms with Crippen molar-refractivity contribution in [3.05, 3.63) is 24.2 Å². The zero-order valence-corrected chi connectivity index (χ0v) is 11.9. The second kappa shape index (κ2) is 6.10. The summed E-state index contributed by atoms with van der Waals surface area (Å²) < 4.78 is 5.06. The Morgan fingerprint density at radius 2 is 1.95 bits per heavy atom. The van der Waals surface area contributed by atoms with Crippen LogP contribution in [0.1, 0.15) is 44.1 Å². The van der Waals surface area contributed by atoms with Crippen LogP contribution >= 0.6 is 0 Å². The summed E-state index contributed by atoms with van der Waals surface area (Å²) in [5.41, 5.74) is 1.99. The molecule has 2 aliphatic rings. The van der Waals surface area contributed by atoms with Crippen LogP contribution in [0.15, 0.2) is 23.0 Å². The summed E-state index contributed by atoms with van der Waals surface area (Å²) in [4.78, 5) is 2.63. The largest absolute Gasteiger partial charge is 0.472 e. The molecular formula is C16H26N2O. The normalized spacial score (nSPS) is 23.2. The number of rotatable bonds is 5. The lowest BCUT2D eigenvalue weighted by molar-refractivity contribution is 0.109. The summed E-state index contributed by atoms with van der Waals surface area (Å²) in [5, 5.41) is 3.49. The van der Waals surface area contributed by atoms with Crippen LogP contribution in [0.4, 0.5) is 0 Å². The van der Waals surface area contributed by atoms with Crippen LogP contribution in [0, 0.1) is 5.41 Å². The fourth-order valence-corrected chi connectivity index (χ4v) is 3.74. The standard InChI is InChI=1S/C16H26N2O/c1-2-5-16(4-1)6-9-18(10-7-16)11-8-17-13-15-3-12-19-14-15/h3,12,14,17H,1-2,4-11,13H2. The average molecular weight is 262 g/mol. The lowest BCUT2D eigenvalue weighted by atomic mass is 9.77. The molecule has 0 bridgehead atoms. The zero-order valence-electron chi connectivity index (χ0n) is 11.9. The van der Waals surface area contributed by atoms with E-state index in [2.05, 4.69) is 10.2 Å². The Kier molecular flexibility index (Phi) is 4.24. The average Bonchev–Trinajstić information content (AvgIpc) is 3.09. The van der Waals surface area contributed by atoms with Crippen LogP contribution in [0.25, 0.3) is 0 Å². The number of nitrogens with zero attached hydrogens (tertiary/aromatic N) is 1. The molecule has 1 aliphatic heterocycles. The molecule has 0 unspecified atom stereocenters. The minimum Gasteiger partial charge on any atom is -0.472 e. The van der Waals surface area contributed by atoms with E-state index in [1.165, 1.54) is 63.7 Å². The fraction of sp³-hybridized carbons (Fsp3) is 0.750. The lowest BCUT2D eigenvalue weighted by Crippen LogP contribution is -2.41. The van der Waals surface area contributed by atoms with Crippen molar-refractivity contribution < 1.29 is 4.42 Å². The molecule has 19 heavy (non-hydrogen) atoms. The first-order chi connectivity index (χ1) is 9.36. The molecule has 0 aromatic carbocycles. The third kappa shape index (κ3) is 3.40. The Morgan fingerprint density at radius 1 is 1.16 bits per heavy atom. The van der Waals surface area contributed by atoms with Crippen molar-refractivity contribution in [2.45, 2.75) is 45.1 Å². The topological polar surface area (TPSA) is 28.4 Å². The van der Waals surface area contributed by atoms with E-state index >= 15 is 0 Å². The maximum absolute atomic E-state index is 5.06. The third-order valence-electron chi connectivity index (χ3n) is 5.09. The van der Waals surface area contributed by atoms with Gasteiger partial charge in [0.05, 0.1) is 12.5 Å². The van der Waals surface area contributed by atoms with E-state index in [9.17, 15) is 0 Å². The molecule has 2 heterocycles. The van der Waals surface area contributed by atoms with Crippen LogP contribution in [0.2, 0.25) is 0 Å². The first kappa shape index (κ1) is 13.2. The minimum atomic E-state index is 0.751. The van der Waals surface area contributed by atoms with Crippen molar-refractivity contribution in [3.63, 3.8) is 0 Å². The SMILES string of the molecule is c1cc(CNCCN2CCC3(CCCC3)CC2)co1. The van der Waals surface area contributed by atoms with Gasteiger partial charge in [0.15, 0.2) is 0 Å². The van der Waals surface area contributed by atoms with E-state index in [0.717, 1.165) is 18.5 Å². The number of hydrogen-bond acceptors (Lipinski definition) is 3. The fourth-order valence-electron chi connectivity index (χ4n) is 3.74. The van der Waals surface area contributed by atoms with E-state index in [1.807, 2.05) is 12.3 Å². The van der Waals surface area contributed by atoms with E-state index in [1.54, 1.807) is 6.26 Å². The van der Waals surface area contributed by atoms with Gasteiger partial charge in [0.2, 0.25) is 0 Å². The molecule has 1 saturated carbocycles. The van der Waals surface area contributed by atoms with Crippen LogP contribution in [-0.2, 0) is 6.54 Å². The van der Waals surface area contributed by atoms with Gasteiger partial charge < -0.3 is 14.6 Å². The van der Waals surface area contributed by atoms with Crippen molar-refractivity contribution >= 4 is 0 Å². The number of furan rings is 1. The molecule has 0 radical (unpaired) electrons. The van der Waals surface area contributed by atoms with Gasteiger partial charge in [0.25, 0.3) is 0 Å². The highest BCUT2D eigenvalue weighted by Gasteiger charge is 2.36. The molecule has 1 aromatic heterocycles. The highest BCUT2D eigenvalue weighted by atomic mass is 16.3. The second-order valence-electron chi connectivity index (χ2n) is 6.36. The molecule has 1 N–H and O–H groups in total. The molecule has 3 rings (SSSR count). The smallest absolute Gasteiger partial charge is 0.0947 e. The predicted molar refractivity (Wildman–Crippen MR) is 77.0 cm³/mol. The quantitative estimate of drug-likeness (QED) is 0.827. The molecule has 3 heteroatoms. The van der Waals surface area contributed by atoms with Crippen LogP contribution in [-0.4, -0.2) is 31.1 Å². The Labute approximate surface area is 116 Å². The molecule has 1 aliphatic carbocycles. The summed E-state index contributed by atoms with van der Waals surface area (Å²) in [5.74, 6) is 0. The summed E-state index contributed by atoms with van der Waals surface area (Å²) in [6, 6.07) is 2.03. The highest BCUT2D eigenvalue weighted by Crippen LogP contribution is 2.45. The molecular weight excluding hydrogens is 236 g/mol. The van der Waals surface area contributed by atoms with Gasteiger partial charge in [0.1, 0.15) is 0 Å². The third-order valence-corrected chi connectivity index (χ3v) is 5.09. The van der Waals surface area contributed by atoms with Crippen molar-refractivity contribution in [1.29, 1.82) is 0 Å². The maximum Gasteiger partial charge on any atom is 0.0947 e. The minimum absolute atomic E-state index is 0.751. The van der Waals surface area contributed by atoms with Crippen LogP contribution in [0.3, 0.4) is 0 Å². The molecule has 1 saturated heterocycles. The zero-order chi connectivity index (χ0) is 13.0. The van der Waals surface area contributed by atoms with Crippen molar-refractivity contribution in [2.75, 3.05) is 26.2 Å². The molecule has 2 fully saturated rings. The second-order valence-corrected chi connectivity index (χ2v) is 6.36. The summed E-state index contributed by atoms with van der Waals surface area (Å²) in [6.45, 7) is 5.82. The Balaban J connectivity index is 1.31. The molecule has 1 spiro atoms. The van der Waals surface area contributed by atoms with Crippen LogP contribution in [0.5, 0.6) is 0 Å². The molecule has 106 valence electrons. The molecule has 0 atom stereocenters. The summed E-state index contributed by atoms with van der Waals surface area (Å²) in [7, 11) is 0. The van der Waals surface area contributed by atoms with E-state index < -0.39 is 0 Å². The molecule has 3 nitrogen and oxygen atoms in total. The van der Waals surface area contributed by atoms with Gasteiger partial charge in [-0.1, -0.05) is 12.8 Å². The van der Waals surface area contributed by atoms with Gasteiger partial charge in [-0.25, -0.2) is 0 Å². The molecule has 1 aromatic rings. The number of hydrogen-bond donors (Lipinski definition) is 1. The van der Waals surface area contributed by atoms with Gasteiger partial charge in [-0.3, -0.25) is 0 Å². The van der Waals surface area contributed by atoms with E-state index in [0.29, 0.717) is 0 Å². The van der Waals surface area contributed by atoms with Crippen molar-refractivity contribution in [3.8, 4) is 0 Å². The van der Waals surface area contributed by atoms with Gasteiger partial charge in [0, 0.05) is 25.2 Å². The van der Waals surface area contributed by atoms with Gasteiger partial charge >= 0.3 is 0 Å². The number of piperidine rings is 1. The number of likely N-dealkylation sites (tertiary alicyclic amines) is 1. The van der Waals surface area contributed by atoms with E-state index in [-0.39, 0.29) is 0 Å². The highest BCUT2D eigenvalue weighted by molar-refractivity contribution is 5.04. The first-order valence-corrected chi connectivity index (χ1v) is 7.81. The maximum atomic E-state index is 5.06. The van der Waals surface area contributed by atoms with Crippen molar-refractivity contribution in [2.24, 2.45) is 5.41 Å². The Hall–Kier alpha value is -0.800.